The molecule has 0 unspecified atom stereocenters. The van der Waals surface area contributed by atoms with Crippen molar-refractivity contribution in [1.29, 1.82) is 0 Å². The maximum Gasteiger partial charge on any atom is 0.0271 e. The van der Waals surface area contributed by atoms with Crippen molar-refractivity contribution in [2.45, 2.75) is 32.9 Å². The second-order valence-corrected chi connectivity index (χ2v) is 4.34. The Labute approximate surface area is 97.3 Å². The molecule has 0 radical (unpaired) electrons. The van der Waals surface area contributed by atoms with E-state index in [-0.39, 0.29) is 0 Å². The number of rotatable bonds is 6. The second-order valence-electron chi connectivity index (χ2n) is 3.96. The molecule has 2 nitrogen and oxygen atoms in total. The van der Waals surface area contributed by atoms with Gasteiger partial charge in [-0.2, -0.15) is 0 Å². The summed E-state index contributed by atoms with van der Waals surface area (Å²) in [5.41, 5.74) is 1.31. The fourth-order valence-electron chi connectivity index (χ4n) is 1.51. The highest BCUT2D eigenvalue weighted by Gasteiger charge is 2.08. The topological polar surface area (TPSA) is 16.1 Å². The molecule has 1 aromatic rings. The van der Waals surface area contributed by atoms with Gasteiger partial charge in [-0.3, -0.25) is 9.88 Å². The Morgan fingerprint density at radius 3 is 2.53 bits per heavy atom. The largest absolute Gasteiger partial charge is 0.297 e. The van der Waals surface area contributed by atoms with Gasteiger partial charge < -0.3 is 0 Å². The van der Waals surface area contributed by atoms with Crippen molar-refractivity contribution in [2.24, 2.45) is 0 Å². The molecular weight excluding hydrogens is 208 g/mol. The molecule has 0 aliphatic rings. The monoisotopic (exact) mass is 226 g/mol. The van der Waals surface area contributed by atoms with Gasteiger partial charge >= 0.3 is 0 Å². The summed E-state index contributed by atoms with van der Waals surface area (Å²) in [5.74, 6) is 0.736. The molecule has 0 amide bonds. The van der Waals surface area contributed by atoms with Crippen LogP contribution in [0.25, 0.3) is 0 Å². The zero-order chi connectivity index (χ0) is 11.1. The normalized spacial score (nSPS) is 11.3. The molecule has 0 aliphatic carbocycles. The zero-order valence-corrected chi connectivity index (χ0v) is 10.2. The summed E-state index contributed by atoms with van der Waals surface area (Å²) in [7, 11) is 0. The quantitative estimate of drug-likeness (QED) is 0.694. The molecule has 0 aromatic carbocycles. The fraction of sp³-hybridized carbons (Fsp3) is 0.583. The first kappa shape index (κ1) is 12.5. The van der Waals surface area contributed by atoms with Crippen molar-refractivity contribution in [1.82, 2.24) is 9.88 Å². The summed E-state index contributed by atoms with van der Waals surface area (Å²) in [6.07, 6.45) is 4.73. The van der Waals surface area contributed by atoms with E-state index in [1.807, 2.05) is 12.4 Å². The molecule has 0 bridgehead atoms. The van der Waals surface area contributed by atoms with Crippen LogP contribution >= 0.6 is 11.6 Å². The minimum Gasteiger partial charge on any atom is -0.297 e. The third-order valence-corrected chi connectivity index (χ3v) is 2.71. The van der Waals surface area contributed by atoms with Crippen LogP contribution in [0.4, 0.5) is 0 Å². The first-order valence-corrected chi connectivity index (χ1v) is 5.96. The molecule has 0 saturated heterocycles. The van der Waals surface area contributed by atoms with E-state index in [1.54, 1.807) is 0 Å². The standard InChI is InChI=1S/C12H19ClN2/c1-11(2)15(9-3-6-13)10-12-4-7-14-8-5-12/h4-5,7-8,11H,3,6,9-10H2,1-2H3. The Morgan fingerprint density at radius 1 is 1.33 bits per heavy atom. The minimum absolute atomic E-state index is 0.557. The number of hydrogen-bond acceptors (Lipinski definition) is 2. The van der Waals surface area contributed by atoms with Crippen LogP contribution in [0.1, 0.15) is 25.8 Å². The van der Waals surface area contributed by atoms with Crippen molar-refractivity contribution in [3.63, 3.8) is 0 Å². The van der Waals surface area contributed by atoms with Crippen molar-refractivity contribution in [3.05, 3.63) is 30.1 Å². The third-order valence-electron chi connectivity index (χ3n) is 2.44. The number of pyridine rings is 1. The van der Waals surface area contributed by atoms with Gasteiger partial charge in [-0.25, -0.2) is 0 Å². The van der Waals surface area contributed by atoms with E-state index in [9.17, 15) is 0 Å². The maximum absolute atomic E-state index is 5.72. The van der Waals surface area contributed by atoms with Crippen LogP contribution in [0.3, 0.4) is 0 Å². The van der Waals surface area contributed by atoms with Gasteiger partial charge in [0, 0.05) is 30.9 Å². The Hall–Kier alpha value is -0.600. The second kappa shape index (κ2) is 6.81. The highest BCUT2D eigenvalue weighted by atomic mass is 35.5. The lowest BCUT2D eigenvalue weighted by Crippen LogP contribution is -2.31. The molecule has 0 saturated carbocycles. The SMILES string of the molecule is CC(C)N(CCCCl)Cc1ccncc1. The fourth-order valence-corrected chi connectivity index (χ4v) is 1.62. The van der Waals surface area contributed by atoms with Gasteiger partial charge in [-0.05, 0) is 44.5 Å². The molecular formula is C12H19ClN2. The van der Waals surface area contributed by atoms with Crippen LogP contribution in [0, 0.1) is 0 Å². The van der Waals surface area contributed by atoms with Gasteiger partial charge in [0.1, 0.15) is 0 Å². The smallest absolute Gasteiger partial charge is 0.0271 e. The lowest BCUT2D eigenvalue weighted by Gasteiger charge is -2.26. The van der Waals surface area contributed by atoms with Gasteiger partial charge in [-0.1, -0.05) is 0 Å². The number of halogens is 1. The average molecular weight is 227 g/mol. The number of hydrogen-bond donors (Lipinski definition) is 0. The highest BCUT2D eigenvalue weighted by Crippen LogP contribution is 2.08. The number of nitrogens with zero attached hydrogens (tertiary/aromatic N) is 2. The Morgan fingerprint density at radius 2 is 2.00 bits per heavy atom. The van der Waals surface area contributed by atoms with Gasteiger partial charge in [0.25, 0.3) is 0 Å². The van der Waals surface area contributed by atoms with E-state index in [2.05, 4.69) is 35.9 Å². The third kappa shape index (κ3) is 4.63. The molecule has 1 aromatic heterocycles. The van der Waals surface area contributed by atoms with Crippen molar-refractivity contribution < 1.29 is 0 Å². The molecule has 84 valence electrons. The van der Waals surface area contributed by atoms with Gasteiger partial charge in [0.2, 0.25) is 0 Å². The predicted octanol–water partition coefficient (Wildman–Crippen LogP) is 2.92. The Kier molecular flexibility index (Phi) is 5.66. The Bertz CT molecular complexity index is 262. The molecule has 15 heavy (non-hydrogen) atoms. The molecule has 1 heterocycles. The molecule has 1 rings (SSSR count). The lowest BCUT2D eigenvalue weighted by molar-refractivity contribution is 0.213. The van der Waals surface area contributed by atoms with Crippen LogP contribution in [-0.2, 0) is 6.54 Å². The minimum atomic E-state index is 0.557. The van der Waals surface area contributed by atoms with Crippen molar-refractivity contribution >= 4 is 11.6 Å². The van der Waals surface area contributed by atoms with Crippen LogP contribution in [0.5, 0.6) is 0 Å². The number of alkyl halides is 1. The molecule has 0 aliphatic heterocycles. The lowest BCUT2D eigenvalue weighted by atomic mass is 10.2. The summed E-state index contributed by atoms with van der Waals surface area (Å²) in [4.78, 5) is 6.45. The van der Waals surface area contributed by atoms with Gasteiger partial charge in [0.15, 0.2) is 0 Å². The molecule has 0 N–H and O–H groups in total. The van der Waals surface area contributed by atoms with E-state index in [0.717, 1.165) is 25.4 Å². The molecule has 0 fully saturated rings. The van der Waals surface area contributed by atoms with Crippen molar-refractivity contribution in [2.75, 3.05) is 12.4 Å². The Balaban J connectivity index is 2.51. The van der Waals surface area contributed by atoms with E-state index >= 15 is 0 Å². The molecule has 0 spiro atoms. The summed E-state index contributed by atoms with van der Waals surface area (Å²) >= 11 is 5.72. The number of aromatic nitrogens is 1. The van der Waals surface area contributed by atoms with E-state index in [0.29, 0.717) is 6.04 Å². The first-order chi connectivity index (χ1) is 7.24. The van der Waals surface area contributed by atoms with Crippen molar-refractivity contribution in [3.8, 4) is 0 Å². The highest BCUT2D eigenvalue weighted by molar-refractivity contribution is 6.17. The van der Waals surface area contributed by atoms with Crippen LogP contribution in [0.15, 0.2) is 24.5 Å². The maximum atomic E-state index is 5.72. The summed E-state index contributed by atoms with van der Waals surface area (Å²) in [6, 6.07) is 4.69. The van der Waals surface area contributed by atoms with E-state index < -0.39 is 0 Å². The predicted molar refractivity (Wildman–Crippen MR) is 65.1 cm³/mol. The summed E-state index contributed by atoms with van der Waals surface area (Å²) in [5, 5.41) is 0. The van der Waals surface area contributed by atoms with Gasteiger partial charge in [-0.15, -0.1) is 11.6 Å². The molecule has 3 heteroatoms. The van der Waals surface area contributed by atoms with Gasteiger partial charge in [0.05, 0.1) is 0 Å². The average Bonchev–Trinajstić information content (AvgIpc) is 2.25. The van der Waals surface area contributed by atoms with Crippen LogP contribution < -0.4 is 0 Å². The summed E-state index contributed by atoms with van der Waals surface area (Å²) < 4.78 is 0. The zero-order valence-electron chi connectivity index (χ0n) is 9.49. The summed E-state index contributed by atoms with van der Waals surface area (Å²) in [6.45, 7) is 6.48. The van der Waals surface area contributed by atoms with E-state index in [1.165, 1.54) is 5.56 Å². The van der Waals surface area contributed by atoms with Crippen LogP contribution in [0.2, 0.25) is 0 Å². The molecule has 0 atom stereocenters. The first-order valence-electron chi connectivity index (χ1n) is 5.43. The van der Waals surface area contributed by atoms with E-state index in [4.69, 9.17) is 11.6 Å². The van der Waals surface area contributed by atoms with Crippen LogP contribution in [-0.4, -0.2) is 28.4 Å².